The van der Waals surface area contributed by atoms with Gasteiger partial charge in [-0.2, -0.15) is 4.72 Å². The van der Waals surface area contributed by atoms with E-state index < -0.39 is 34.0 Å². The molecule has 2 aromatic rings. The van der Waals surface area contributed by atoms with E-state index in [-0.39, 0.29) is 29.9 Å². The number of nitrogens with one attached hydrogen (secondary N) is 1. The van der Waals surface area contributed by atoms with Gasteiger partial charge in [-0.3, -0.25) is 9.59 Å². The first-order valence-corrected chi connectivity index (χ1v) is 14.4. The quantitative estimate of drug-likeness (QED) is 0.505. The number of sulfonamides is 1. The summed E-state index contributed by atoms with van der Waals surface area (Å²) in [6, 6.07) is 8.83. The fourth-order valence-corrected chi connectivity index (χ4v) is 6.97. The summed E-state index contributed by atoms with van der Waals surface area (Å²) in [6.45, 7) is 2.64. The molecule has 1 N–H and O–H groups in total. The van der Waals surface area contributed by atoms with Gasteiger partial charge in [-0.25, -0.2) is 13.2 Å². The van der Waals surface area contributed by atoms with Crippen molar-refractivity contribution >= 4 is 54.5 Å². The van der Waals surface area contributed by atoms with E-state index in [0.29, 0.717) is 31.8 Å². The number of carbonyl (C=O) groups is 3. The van der Waals surface area contributed by atoms with E-state index in [1.54, 1.807) is 19.1 Å². The molecule has 0 spiro atoms. The average Bonchev–Trinajstić information content (AvgIpc) is 3.50. The number of piperidine rings is 2. The third-order valence-electron chi connectivity index (χ3n) is 7.24. The Balaban J connectivity index is 1.26. The Morgan fingerprint density at radius 1 is 1.17 bits per heavy atom. The number of carbonyl (C=O) groups excluding carboxylic acids is 3. The fourth-order valence-electron chi connectivity index (χ4n) is 5.33. The number of rotatable bonds is 7. The fraction of sp³-hybridized carbons (Fsp3) is 0.480. The summed E-state index contributed by atoms with van der Waals surface area (Å²) in [5, 5.41) is 1.66. The van der Waals surface area contributed by atoms with Crippen LogP contribution in [0, 0.1) is 11.8 Å². The molecule has 2 saturated heterocycles. The van der Waals surface area contributed by atoms with Crippen molar-refractivity contribution in [3.05, 3.63) is 40.9 Å². The Morgan fingerprint density at radius 3 is 2.69 bits per heavy atom. The highest BCUT2D eigenvalue weighted by atomic mass is 79.9. The summed E-state index contributed by atoms with van der Waals surface area (Å²) in [5.74, 6) is -0.692. The summed E-state index contributed by atoms with van der Waals surface area (Å²) < 4.78 is 34.8. The lowest BCUT2D eigenvalue weighted by Crippen LogP contribution is -2.55. The standard InChI is InChI=1S/C25H28BrN3O6S/c1-2-35-25(32)23-20-12-17(20)13-29(23)22(30)14-28-9-3-4-21(24(28)31)27-36(33,34)19-8-6-15-10-18(26)7-5-16(15)11-19/h5-8,10-11,17,20-21,23,27H,2-4,9,12-14H2,1H3/t17?,20?,21-,23?/m0/s1. The van der Waals surface area contributed by atoms with Crippen LogP contribution in [0.15, 0.2) is 45.8 Å². The van der Waals surface area contributed by atoms with E-state index in [9.17, 15) is 22.8 Å². The van der Waals surface area contributed by atoms with E-state index in [1.807, 2.05) is 18.2 Å². The largest absolute Gasteiger partial charge is 0.464 e. The Kier molecular flexibility index (Phi) is 6.82. The van der Waals surface area contributed by atoms with Crippen molar-refractivity contribution in [1.29, 1.82) is 0 Å². The van der Waals surface area contributed by atoms with Crippen LogP contribution in [-0.2, 0) is 29.1 Å². The minimum absolute atomic E-state index is 0.0758. The number of likely N-dealkylation sites (tertiary alicyclic amines) is 2. The number of halogens is 1. The maximum absolute atomic E-state index is 13.2. The molecule has 1 saturated carbocycles. The summed E-state index contributed by atoms with van der Waals surface area (Å²) in [4.78, 5) is 41.7. The van der Waals surface area contributed by atoms with Crippen LogP contribution in [0.5, 0.6) is 0 Å². The number of ether oxygens (including phenoxy) is 1. The van der Waals surface area contributed by atoms with Crippen molar-refractivity contribution in [2.75, 3.05) is 26.2 Å². The van der Waals surface area contributed by atoms with Gasteiger partial charge in [0.05, 0.1) is 18.0 Å². The molecule has 2 aliphatic heterocycles. The van der Waals surface area contributed by atoms with Crippen molar-refractivity contribution in [2.24, 2.45) is 11.8 Å². The number of fused-ring (bicyclic) bond motifs is 2. The summed E-state index contributed by atoms with van der Waals surface area (Å²) >= 11 is 3.41. The highest BCUT2D eigenvalue weighted by molar-refractivity contribution is 9.10. The van der Waals surface area contributed by atoms with E-state index in [2.05, 4.69) is 20.7 Å². The third kappa shape index (κ3) is 4.88. The SMILES string of the molecule is CCOC(=O)C1C2CC2CN1C(=O)CN1CCC[C@H](NS(=O)(=O)c2ccc3cc(Br)ccc3c2)C1=O. The number of esters is 1. The molecule has 4 atom stereocenters. The molecule has 2 heterocycles. The van der Waals surface area contributed by atoms with Crippen molar-refractivity contribution in [3.8, 4) is 0 Å². The van der Waals surface area contributed by atoms with Gasteiger partial charge >= 0.3 is 5.97 Å². The maximum atomic E-state index is 13.2. The number of nitrogens with zero attached hydrogens (tertiary/aromatic N) is 2. The van der Waals surface area contributed by atoms with Crippen LogP contribution in [0.2, 0.25) is 0 Å². The number of benzene rings is 2. The topological polar surface area (TPSA) is 113 Å². The minimum Gasteiger partial charge on any atom is -0.464 e. The molecule has 11 heteroatoms. The molecule has 36 heavy (non-hydrogen) atoms. The van der Waals surface area contributed by atoms with Gasteiger partial charge in [0.15, 0.2) is 0 Å². The first-order chi connectivity index (χ1) is 17.2. The van der Waals surface area contributed by atoms with Gasteiger partial charge in [-0.15, -0.1) is 0 Å². The lowest BCUT2D eigenvalue weighted by molar-refractivity contribution is -0.155. The van der Waals surface area contributed by atoms with E-state index in [4.69, 9.17) is 4.74 Å². The van der Waals surface area contributed by atoms with Gasteiger partial charge in [0.1, 0.15) is 12.1 Å². The highest BCUT2D eigenvalue weighted by Gasteiger charge is 2.57. The second-order valence-corrected chi connectivity index (χ2v) is 12.3. The maximum Gasteiger partial charge on any atom is 0.329 e. The highest BCUT2D eigenvalue weighted by Crippen LogP contribution is 2.49. The number of amides is 2. The lowest BCUT2D eigenvalue weighted by Gasteiger charge is -2.34. The van der Waals surface area contributed by atoms with Gasteiger partial charge in [-0.1, -0.05) is 28.1 Å². The van der Waals surface area contributed by atoms with Gasteiger partial charge in [0.2, 0.25) is 21.8 Å². The normalized spacial score (nSPS) is 25.7. The molecule has 192 valence electrons. The Hall–Kier alpha value is -2.50. The summed E-state index contributed by atoms with van der Waals surface area (Å²) in [7, 11) is -3.96. The van der Waals surface area contributed by atoms with Crippen LogP contribution in [0.4, 0.5) is 0 Å². The number of hydrogen-bond acceptors (Lipinski definition) is 6. The predicted molar refractivity (Wildman–Crippen MR) is 135 cm³/mol. The summed E-state index contributed by atoms with van der Waals surface area (Å²) in [6.07, 6.45) is 1.82. The molecular weight excluding hydrogens is 550 g/mol. The molecule has 3 fully saturated rings. The predicted octanol–water partition coefficient (Wildman–Crippen LogP) is 2.28. The average molecular weight is 578 g/mol. The van der Waals surface area contributed by atoms with E-state index >= 15 is 0 Å². The molecule has 2 amide bonds. The van der Waals surface area contributed by atoms with Gasteiger partial charge in [0.25, 0.3) is 0 Å². The van der Waals surface area contributed by atoms with Gasteiger partial charge in [0, 0.05) is 17.6 Å². The molecule has 9 nitrogen and oxygen atoms in total. The van der Waals surface area contributed by atoms with Crippen LogP contribution in [0.3, 0.4) is 0 Å². The van der Waals surface area contributed by atoms with E-state index in [0.717, 1.165) is 21.7 Å². The first-order valence-electron chi connectivity index (χ1n) is 12.1. The molecule has 3 aliphatic rings. The molecule has 3 unspecified atom stereocenters. The van der Waals surface area contributed by atoms with E-state index in [1.165, 1.54) is 15.9 Å². The van der Waals surface area contributed by atoms with Crippen LogP contribution in [0.1, 0.15) is 26.2 Å². The van der Waals surface area contributed by atoms with Crippen LogP contribution in [-0.4, -0.2) is 74.3 Å². The molecular formula is C25H28BrN3O6S. The van der Waals surface area contributed by atoms with Gasteiger partial charge in [-0.05, 0) is 73.1 Å². The zero-order valence-electron chi connectivity index (χ0n) is 19.9. The zero-order chi connectivity index (χ0) is 25.6. The first kappa shape index (κ1) is 25.2. The van der Waals surface area contributed by atoms with Crippen LogP contribution >= 0.6 is 15.9 Å². The lowest BCUT2D eigenvalue weighted by atomic mass is 10.1. The molecule has 5 rings (SSSR count). The molecule has 2 aromatic carbocycles. The van der Waals surface area contributed by atoms with Crippen molar-refractivity contribution in [1.82, 2.24) is 14.5 Å². The molecule has 0 bridgehead atoms. The molecule has 0 aromatic heterocycles. The number of hydrogen-bond donors (Lipinski definition) is 1. The second kappa shape index (κ2) is 9.75. The Bertz CT molecular complexity index is 1330. The van der Waals surface area contributed by atoms with Crippen LogP contribution in [0.25, 0.3) is 10.8 Å². The molecule has 0 radical (unpaired) electrons. The second-order valence-electron chi connectivity index (χ2n) is 9.63. The Labute approximate surface area is 218 Å². The van der Waals surface area contributed by atoms with Crippen LogP contribution < -0.4 is 4.72 Å². The summed E-state index contributed by atoms with van der Waals surface area (Å²) in [5.41, 5.74) is 0. The van der Waals surface area contributed by atoms with Gasteiger partial charge < -0.3 is 14.5 Å². The third-order valence-corrected chi connectivity index (χ3v) is 9.20. The van der Waals surface area contributed by atoms with Crippen molar-refractivity contribution < 1.29 is 27.5 Å². The monoisotopic (exact) mass is 577 g/mol. The van der Waals surface area contributed by atoms with Crippen molar-refractivity contribution in [3.63, 3.8) is 0 Å². The minimum atomic E-state index is -3.96. The van der Waals surface area contributed by atoms with Crippen molar-refractivity contribution in [2.45, 2.75) is 43.2 Å². The molecule has 1 aliphatic carbocycles. The smallest absolute Gasteiger partial charge is 0.329 e. The Morgan fingerprint density at radius 2 is 1.92 bits per heavy atom. The zero-order valence-corrected chi connectivity index (χ0v) is 22.3.